The highest BCUT2D eigenvalue weighted by molar-refractivity contribution is 7.82. The SMILES string of the molecule is CCOC(=O)c1c(C)c(Cl)n2c(CCNC(=O)C(CC)Oc3ccc(C)cc3C)n[nH]c12.[C-]#[N+]c1c(C(=O)Nc2ccccc2)c2[nH]nc(C)n2c1-c1ccccc1.[C-]#[N+]c1cn2c(-c3cccc(NS(=O)Oc4cc(C(C)(C)CC(C)(C)C)ccc4C)c3)n[nH]c2c1C#N. The molecule has 0 bridgehead atoms. The van der Waals surface area contributed by atoms with E-state index in [2.05, 4.69) is 96.3 Å². The van der Waals surface area contributed by atoms with Crippen LogP contribution in [0.5, 0.6) is 11.5 Å². The van der Waals surface area contributed by atoms with Gasteiger partial charge in [-0.15, -0.1) is 0 Å². The van der Waals surface area contributed by atoms with Crippen molar-refractivity contribution in [2.75, 3.05) is 23.2 Å². The van der Waals surface area contributed by atoms with Crippen molar-refractivity contribution in [1.82, 2.24) is 49.1 Å². The van der Waals surface area contributed by atoms with Gasteiger partial charge >= 0.3 is 17.2 Å². The van der Waals surface area contributed by atoms with Gasteiger partial charge in [-0.05, 0) is 124 Å². The van der Waals surface area contributed by atoms with Crippen LogP contribution >= 0.6 is 11.6 Å². The second-order valence-corrected chi connectivity index (χ2v) is 25.7. The van der Waals surface area contributed by atoms with Crippen molar-refractivity contribution in [3.63, 3.8) is 0 Å². The van der Waals surface area contributed by atoms with E-state index in [1.54, 1.807) is 59.2 Å². The van der Waals surface area contributed by atoms with Gasteiger partial charge in [0.2, 0.25) is 17.3 Å². The van der Waals surface area contributed by atoms with Gasteiger partial charge in [0.25, 0.3) is 5.91 Å². The number of carbonyl (C=O) groups excluding carboxylic acids is 3. The van der Waals surface area contributed by atoms with Crippen molar-refractivity contribution < 1.29 is 32.2 Å². The molecule has 2 unspecified atom stereocenters. The molecule has 0 saturated carbocycles. The number of hydrogen-bond acceptors (Lipinski definition) is 11. The zero-order valence-electron chi connectivity index (χ0n) is 54.9. The number of para-hydroxylation sites is 1. The van der Waals surface area contributed by atoms with E-state index < -0.39 is 23.3 Å². The predicted octanol–water partition coefficient (Wildman–Crippen LogP) is 15.2. The number of nitrogens with zero attached hydrogens (tertiary/aromatic N) is 9. The number of nitrogens with one attached hydrogen (secondary N) is 6. The molecule has 22 nitrogen and oxygen atoms in total. The number of anilines is 2. The maximum atomic E-state index is 12.9. The number of benzene rings is 5. The molecule has 2 atom stereocenters. The topological polar surface area (TPSA) is 264 Å². The van der Waals surface area contributed by atoms with E-state index in [1.165, 1.54) is 0 Å². The van der Waals surface area contributed by atoms with Gasteiger partial charge in [0, 0.05) is 36.0 Å². The molecule has 2 amide bonds. The summed E-state index contributed by atoms with van der Waals surface area (Å²) in [6, 6.07) is 40.0. The monoisotopic (exact) mass is 1320 g/mol. The summed E-state index contributed by atoms with van der Waals surface area (Å²) in [5, 5.41) is 37.0. The fourth-order valence-electron chi connectivity index (χ4n) is 11.5. The van der Waals surface area contributed by atoms with E-state index in [0.29, 0.717) is 115 Å². The Morgan fingerprint density at radius 1 is 0.758 bits per heavy atom. The number of nitriles is 1. The van der Waals surface area contributed by atoms with E-state index >= 15 is 0 Å². The summed E-state index contributed by atoms with van der Waals surface area (Å²) >= 11 is 4.62. The number of aryl methyl sites for hydroxylation is 4. The average Bonchev–Trinajstić information content (AvgIpc) is 1.61. The Balaban J connectivity index is 0.000000170. The smallest absolute Gasteiger partial charge is 0.342 e. The largest absolute Gasteiger partial charge is 0.480 e. The Morgan fingerprint density at radius 3 is 2.09 bits per heavy atom. The number of fused-ring (bicyclic) bond motifs is 3. The van der Waals surface area contributed by atoms with Crippen LogP contribution in [0.15, 0.2) is 128 Å². The van der Waals surface area contributed by atoms with E-state index in [1.807, 2.05) is 130 Å². The van der Waals surface area contributed by atoms with Gasteiger partial charge in [0.05, 0.1) is 42.8 Å². The second kappa shape index (κ2) is 29.4. The molecular weight excluding hydrogens is 1240 g/mol. The number of ether oxygens (including phenoxy) is 2. The molecule has 0 aliphatic heterocycles. The van der Waals surface area contributed by atoms with Crippen LogP contribution in [0, 0.1) is 64.5 Å². The minimum atomic E-state index is -1.84. The fourth-order valence-corrected chi connectivity index (χ4v) is 12.5. The number of esters is 1. The maximum absolute atomic E-state index is 12.9. The first-order valence-electron chi connectivity index (χ1n) is 30.7. The molecule has 0 spiro atoms. The first-order chi connectivity index (χ1) is 45.4. The van der Waals surface area contributed by atoms with Crippen molar-refractivity contribution in [3.05, 3.63) is 212 Å². The fraction of sp³-hybridized carbons (Fsp3) is 0.282. The van der Waals surface area contributed by atoms with E-state index in [-0.39, 0.29) is 40.5 Å². The molecule has 11 rings (SSSR count). The molecule has 0 saturated heterocycles. The van der Waals surface area contributed by atoms with E-state index in [4.69, 9.17) is 38.4 Å². The van der Waals surface area contributed by atoms with Crippen LogP contribution in [0.4, 0.5) is 22.7 Å². The Morgan fingerprint density at radius 2 is 1.43 bits per heavy atom. The summed E-state index contributed by atoms with van der Waals surface area (Å²) in [5.74, 6) is 2.10. The number of amides is 2. The first-order valence-corrected chi connectivity index (χ1v) is 32.1. The third-order valence-corrected chi connectivity index (χ3v) is 16.8. The Labute approximate surface area is 558 Å². The number of halogens is 1. The molecule has 6 heterocycles. The molecule has 11 aromatic rings. The first kappa shape index (κ1) is 68.4. The third kappa shape index (κ3) is 15.3. The second-order valence-electron chi connectivity index (χ2n) is 24.5. The number of H-pyrrole nitrogens is 3. The Hall–Kier alpha value is -10.9. The number of rotatable bonds is 19. The summed E-state index contributed by atoms with van der Waals surface area (Å²) in [6.45, 7) is 39.9. The zero-order chi connectivity index (χ0) is 68.5. The molecular formula is C71H74ClN15O7S. The highest BCUT2D eigenvalue weighted by atomic mass is 35.5. The van der Waals surface area contributed by atoms with Gasteiger partial charge in [-0.25, -0.2) is 14.5 Å². The summed E-state index contributed by atoms with van der Waals surface area (Å²) < 4.78 is 37.9. The Kier molecular flexibility index (Phi) is 21.1. The quantitative estimate of drug-likeness (QED) is 0.0327. The normalized spacial score (nSPS) is 11.9. The van der Waals surface area contributed by atoms with Gasteiger partial charge < -0.3 is 24.3 Å². The lowest BCUT2D eigenvalue weighted by Gasteiger charge is -2.33. The van der Waals surface area contributed by atoms with Gasteiger partial charge in [-0.2, -0.15) is 24.8 Å². The molecule has 6 aromatic heterocycles. The van der Waals surface area contributed by atoms with Crippen molar-refractivity contribution in [2.45, 2.75) is 114 Å². The highest BCUT2D eigenvalue weighted by Crippen LogP contribution is 2.41. The molecule has 6 N–H and O–H groups in total. The summed E-state index contributed by atoms with van der Waals surface area (Å²) in [6.07, 6.45) is 2.94. The molecule has 5 aromatic carbocycles. The summed E-state index contributed by atoms with van der Waals surface area (Å²) in [4.78, 5) is 45.0. The van der Waals surface area contributed by atoms with Gasteiger partial charge in [-0.3, -0.25) is 42.8 Å². The lowest BCUT2D eigenvalue weighted by atomic mass is 9.72. The van der Waals surface area contributed by atoms with Crippen LogP contribution in [0.1, 0.15) is 127 Å². The summed E-state index contributed by atoms with van der Waals surface area (Å²) in [5.41, 5.74) is 11.3. The average molecular weight is 1320 g/mol. The summed E-state index contributed by atoms with van der Waals surface area (Å²) in [7, 11) is 0. The number of aromatic amines is 3. The van der Waals surface area contributed by atoms with Crippen molar-refractivity contribution >= 4 is 80.3 Å². The van der Waals surface area contributed by atoms with Crippen molar-refractivity contribution in [2.24, 2.45) is 5.41 Å². The molecule has 0 aliphatic carbocycles. The van der Waals surface area contributed by atoms with Crippen molar-refractivity contribution in [3.8, 4) is 40.2 Å². The zero-order valence-corrected chi connectivity index (χ0v) is 56.5. The minimum Gasteiger partial charge on any atom is -0.480 e. The Bertz CT molecular complexity index is 4800. The standard InChI is InChI=1S/C28H30N6O2S.C23H29ClN4O4.C20H15N5O/c1-18-11-12-20(28(5,6)17-27(2,3)4)14-24(18)36-37(35)33-21-10-8-9-19(13-21)25-31-32-26-22(15-29)23(30-7)16-34(25)26;1-6-16(32-17-9-8-13(3)12-14(17)4)22(29)25-11-10-18-26-27-21-19(23(30)31-7-2)15(5)20(24)28(18)21;1-13-23-24-19-16(20(26)22-15-11-7-4-8-12-15)17(21-2)18(25(13)19)14-9-5-3-6-10-14/h8-14,16,32-33H,17H2,1-6H3;8-9,12,16,27H,6-7,10-11H2,1-5H3,(H,25,29);3-12,24H,1H3,(H,22,26). The van der Waals surface area contributed by atoms with Gasteiger partial charge in [0.1, 0.15) is 56.4 Å². The third-order valence-electron chi connectivity index (χ3n) is 15.6. The predicted molar refractivity (Wildman–Crippen MR) is 370 cm³/mol. The van der Waals surface area contributed by atoms with Crippen LogP contribution in [-0.4, -0.2) is 85.0 Å². The van der Waals surface area contributed by atoms with Gasteiger partial charge in [0.15, 0.2) is 11.9 Å². The van der Waals surface area contributed by atoms with Crippen molar-refractivity contribution in [1.29, 1.82) is 5.26 Å². The van der Waals surface area contributed by atoms with Gasteiger partial charge in [-0.1, -0.05) is 144 Å². The van der Waals surface area contributed by atoms with E-state index in [9.17, 15) is 23.9 Å². The molecule has 0 fully saturated rings. The van der Waals surface area contributed by atoms with E-state index in [0.717, 1.165) is 34.2 Å². The molecule has 95 heavy (non-hydrogen) atoms. The number of aromatic nitrogens is 9. The number of carbonyl (C=O) groups is 3. The molecule has 0 radical (unpaired) electrons. The molecule has 0 aliphatic rings. The lowest BCUT2D eigenvalue weighted by molar-refractivity contribution is -0.128. The van der Waals surface area contributed by atoms with Crippen LogP contribution in [0.25, 0.3) is 49.3 Å². The van der Waals surface area contributed by atoms with Crippen LogP contribution < -0.4 is 24.3 Å². The molecule has 24 heteroatoms. The highest BCUT2D eigenvalue weighted by Gasteiger charge is 2.31. The van der Waals surface area contributed by atoms with Crippen LogP contribution in [0.2, 0.25) is 5.15 Å². The maximum Gasteiger partial charge on any atom is 0.342 e. The number of hydrogen-bond donors (Lipinski definition) is 6. The van der Waals surface area contributed by atoms with Crippen LogP contribution in [0.3, 0.4) is 0 Å². The lowest BCUT2D eigenvalue weighted by Crippen LogP contribution is -2.39. The minimum absolute atomic E-state index is 0.0702. The van der Waals surface area contributed by atoms with Crippen LogP contribution in [-0.2, 0) is 32.6 Å². The molecule has 488 valence electrons.